The third-order valence-electron chi connectivity index (χ3n) is 3.88. The number of benzene rings is 2. The second-order valence-electron chi connectivity index (χ2n) is 5.65. The quantitative estimate of drug-likeness (QED) is 0.493. The summed E-state index contributed by atoms with van der Waals surface area (Å²) in [4.78, 5) is 14.3. The Kier molecular flexibility index (Phi) is 5.63. The summed E-state index contributed by atoms with van der Waals surface area (Å²) >= 11 is 4.77. The molecule has 0 saturated carbocycles. The minimum Gasteiger partial charge on any atom is -0.335 e. The third-order valence-corrected chi connectivity index (χ3v) is 5.62. The number of hydrogen-bond donors (Lipinski definition) is 1. The Morgan fingerprint density at radius 3 is 2.50 bits per heavy atom. The Labute approximate surface area is 164 Å². The van der Waals surface area contributed by atoms with Crippen LogP contribution in [0, 0.1) is 0 Å². The highest BCUT2D eigenvalue weighted by molar-refractivity contribution is 9.10. The Bertz CT molecular complexity index is 915. The van der Waals surface area contributed by atoms with Crippen molar-refractivity contribution in [2.75, 3.05) is 17.8 Å². The van der Waals surface area contributed by atoms with Gasteiger partial charge >= 0.3 is 0 Å². The number of para-hydroxylation sites is 1. The van der Waals surface area contributed by atoms with E-state index >= 15 is 0 Å². The highest BCUT2D eigenvalue weighted by atomic mass is 79.9. The van der Waals surface area contributed by atoms with Gasteiger partial charge in [-0.05, 0) is 31.2 Å². The summed E-state index contributed by atoms with van der Waals surface area (Å²) in [6.45, 7) is 1.83. The number of nitrogens with two attached hydrogens (primary N) is 1. The van der Waals surface area contributed by atoms with Gasteiger partial charge in [-0.2, -0.15) is 0 Å². The Morgan fingerprint density at radius 2 is 1.81 bits per heavy atom. The standard InChI is InChI=1S/C18H18BrN5OS/c1-12(17(25)23(2)13-8-4-3-5-9-13)26-18-22-21-16(24(18)20)14-10-6-7-11-15(14)19/h3-12H,20H2,1-2H3/t12-/m1/s1. The van der Waals surface area contributed by atoms with Gasteiger partial charge in [0.1, 0.15) is 0 Å². The van der Waals surface area contributed by atoms with Crippen molar-refractivity contribution < 1.29 is 4.79 Å². The molecule has 0 bridgehead atoms. The zero-order chi connectivity index (χ0) is 18.7. The van der Waals surface area contributed by atoms with Crippen molar-refractivity contribution in [3.63, 3.8) is 0 Å². The molecule has 2 aromatic carbocycles. The molecule has 1 amide bonds. The van der Waals surface area contributed by atoms with Gasteiger partial charge in [0.05, 0.1) is 5.25 Å². The van der Waals surface area contributed by atoms with Crippen LogP contribution in [0.25, 0.3) is 11.4 Å². The van der Waals surface area contributed by atoms with Gasteiger partial charge in [0.2, 0.25) is 11.1 Å². The number of thioether (sulfide) groups is 1. The lowest BCUT2D eigenvalue weighted by molar-refractivity contribution is -0.117. The van der Waals surface area contributed by atoms with E-state index in [1.54, 1.807) is 11.9 Å². The summed E-state index contributed by atoms with van der Waals surface area (Å²) in [5, 5.41) is 8.44. The number of aromatic nitrogens is 3. The molecule has 8 heteroatoms. The molecular weight excluding hydrogens is 414 g/mol. The fourth-order valence-corrected chi connectivity index (χ4v) is 3.77. The molecule has 0 fully saturated rings. The number of carbonyl (C=O) groups excluding carboxylic acids is 1. The van der Waals surface area contributed by atoms with E-state index in [1.807, 2.05) is 61.5 Å². The van der Waals surface area contributed by atoms with Crippen LogP contribution in [0.5, 0.6) is 0 Å². The van der Waals surface area contributed by atoms with E-state index in [-0.39, 0.29) is 11.2 Å². The van der Waals surface area contributed by atoms with Crippen LogP contribution >= 0.6 is 27.7 Å². The highest BCUT2D eigenvalue weighted by Crippen LogP contribution is 2.30. The molecule has 0 spiro atoms. The first-order chi connectivity index (χ1) is 12.5. The topological polar surface area (TPSA) is 77.0 Å². The van der Waals surface area contributed by atoms with Crippen LogP contribution in [0.4, 0.5) is 5.69 Å². The van der Waals surface area contributed by atoms with Gasteiger partial charge in [-0.25, -0.2) is 4.68 Å². The lowest BCUT2D eigenvalue weighted by atomic mass is 10.2. The molecule has 0 saturated heterocycles. The molecule has 3 aromatic rings. The molecule has 2 N–H and O–H groups in total. The van der Waals surface area contributed by atoms with Gasteiger partial charge in [-0.3, -0.25) is 4.79 Å². The van der Waals surface area contributed by atoms with Gasteiger partial charge in [0.15, 0.2) is 5.82 Å². The lowest BCUT2D eigenvalue weighted by Gasteiger charge is -2.20. The second kappa shape index (κ2) is 7.92. The SMILES string of the molecule is C[C@@H](Sc1nnc(-c2ccccc2Br)n1N)C(=O)N(C)c1ccccc1. The van der Waals surface area contributed by atoms with Crippen LogP contribution in [0.15, 0.2) is 64.2 Å². The predicted molar refractivity (Wildman–Crippen MR) is 108 cm³/mol. The monoisotopic (exact) mass is 431 g/mol. The molecular formula is C18H18BrN5OS. The first kappa shape index (κ1) is 18.5. The zero-order valence-electron chi connectivity index (χ0n) is 14.3. The maximum atomic E-state index is 12.7. The van der Waals surface area contributed by atoms with Crippen molar-refractivity contribution in [1.29, 1.82) is 0 Å². The lowest BCUT2D eigenvalue weighted by Crippen LogP contribution is -2.33. The Morgan fingerprint density at radius 1 is 1.15 bits per heavy atom. The molecule has 3 rings (SSSR count). The van der Waals surface area contributed by atoms with Crippen LogP contribution in [0.2, 0.25) is 0 Å². The van der Waals surface area contributed by atoms with Crippen LogP contribution in [-0.2, 0) is 4.79 Å². The maximum absolute atomic E-state index is 12.7. The number of rotatable bonds is 5. The van der Waals surface area contributed by atoms with Crippen LogP contribution in [0.1, 0.15) is 6.92 Å². The molecule has 0 aliphatic carbocycles. The minimum absolute atomic E-state index is 0.0355. The molecule has 0 unspecified atom stereocenters. The van der Waals surface area contributed by atoms with E-state index in [4.69, 9.17) is 5.84 Å². The number of carbonyl (C=O) groups is 1. The smallest absolute Gasteiger partial charge is 0.240 e. The van der Waals surface area contributed by atoms with Gasteiger partial charge < -0.3 is 10.7 Å². The van der Waals surface area contributed by atoms with Gasteiger partial charge in [0, 0.05) is 22.8 Å². The second-order valence-corrected chi connectivity index (χ2v) is 7.81. The van der Waals surface area contributed by atoms with E-state index < -0.39 is 0 Å². The summed E-state index contributed by atoms with van der Waals surface area (Å²) < 4.78 is 2.29. The first-order valence-corrected chi connectivity index (χ1v) is 9.61. The summed E-state index contributed by atoms with van der Waals surface area (Å²) in [5.41, 5.74) is 1.68. The zero-order valence-corrected chi connectivity index (χ0v) is 16.7. The molecule has 1 heterocycles. The molecule has 26 heavy (non-hydrogen) atoms. The molecule has 134 valence electrons. The first-order valence-electron chi connectivity index (χ1n) is 7.93. The maximum Gasteiger partial charge on any atom is 0.240 e. The van der Waals surface area contributed by atoms with E-state index in [1.165, 1.54) is 16.4 Å². The predicted octanol–water partition coefficient (Wildman–Crippen LogP) is 3.57. The number of nitrogens with zero attached hydrogens (tertiary/aromatic N) is 4. The van der Waals surface area contributed by atoms with E-state index in [0.717, 1.165) is 15.7 Å². The van der Waals surface area contributed by atoms with Gasteiger partial charge in [-0.15, -0.1) is 10.2 Å². The summed E-state index contributed by atoms with van der Waals surface area (Å²) in [6, 6.07) is 17.1. The van der Waals surface area contributed by atoms with Gasteiger partial charge in [-0.1, -0.05) is 58.0 Å². The number of nitrogen functional groups attached to an aromatic ring is 1. The van der Waals surface area contributed by atoms with Crippen molar-refractivity contribution in [3.05, 3.63) is 59.1 Å². The van der Waals surface area contributed by atoms with Crippen LogP contribution in [-0.4, -0.2) is 33.1 Å². The largest absolute Gasteiger partial charge is 0.335 e. The van der Waals surface area contributed by atoms with E-state index in [0.29, 0.717) is 11.0 Å². The summed E-state index contributed by atoms with van der Waals surface area (Å²) in [6.07, 6.45) is 0. The number of amides is 1. The number of halogens is 1. The van der Waals surface area contributed by atoms with Crippen LogP contribution in [0.3, 0.4) is 0 Å². The average molecular weight is 432 g/mol. The molecule has 0 radical (unpaired) electrons. The average Bonchev–Trinajstić information content (AvgIpc) is 3.02. The molecule has 0 aliphatic rings. The highest BCUT2D eigenvalue weighted by Gasteiger charge is 2.23. The number of hydrogen-bond acceptors (Lipinski definition) is 5. The van der Waals surface area contributed by atoms with Crippen molar-refractivity contribution in [3.8, 4) is 11.4 Å². The van der Waals surface area contributed by atoms with Crippen molar-refractivity contribution >= 4 is 39.3 Å². The summed E-state index contributed by atoms with van der Waals surface area (Å²) in [7, 11) is 1.76. The van der Waals surface area contributed by atoms with Crippen molar-refractivity contribution in [2.45, 2.75) is 17.3 Å². The van der Waals surface area contributed by atoms with E-state index in [2.05, 4.69) is 26.1 Å². The fraction of sp³-hybridized carbons (Fsp3) is 0.167. The van der Waals surface area contributed by atoms with Crippen molar-refractivity contribution in [1.82, 2.24) is 14.9 Å². The fourth-order valence-electron chi connectivity index (χ4n) is 2.44. The minimum atomic E-state index is -0.362. The Balaban J connectivity index is 1.77. The molecule has 1 aromatic heterocycles. The summed E-state index contributed by atoms with van der Waals surface area (Å²) in [5.74, 6) is 6.67. The van der Waals surface area contributed by atoms with E-state index in [9.17, 15) is 4.79 Å². The van der Waals surface area contributed by atoms with Crippen molar-refractivity contribution in [2.24, 2.45) is 0 Å². The molecule has 6 nitrogen and oxygen atoms in total. The third kappa shape index (κ3) is 3.76. The molecule has 1 atom stereocenters. The van der Waals surface area contributed by atoms with Gasteiger partial charge in [0.25, 0.3) is 0 Å². The normalized spacial score (nSPS) is 12.0. The van der Waals surface area contributed by atoms with Crippen LogP contribution < -0.4 is 10.7 Å². The number of anilines is 1. The molecule has 0 aliphatic heterocycles. The Hall–Kier alpha value is -2.32.